The minimum Gasteiger partial charge on any atom is -0.549 e. The van der Waals surface area contributed by atoms with E-state index in [0.29, 0.717) is 0 Å². The van der Waals surface area contributed by atoms with Crippen LogP contribution in [0.15, 0.2) is 0 Å². The maximum absolute atomic E-state index is 11.1. The zero-order valence-corrected chi connectivity index (χ0v) is 7.58. The number of carbonyl (C=O) groups excluding carboxylic acids is 1. The van der Waals surface area contributed by atoms with Crippen LogP contribution < -0.4 is 34.7 Å². The molecule has 2 nitrogen and oxygen atoms in total. The molecule has 9 heavy (non-hydrogen) atoms. The van der Waals surface area contributed by atoms with Gasteiger partial charge in [0.1, 0.15) is 0 Å². The van der Waals surface area contributed by atoms with Gasteiger partial charge in [0.05, 0.1) is 5.97 Å². The molecule has 0 heterocycles. The molecule has 0 aliphatic rings. The fraction of sp³-hybridized carbons (Fsp3) is 0.667. The minimum absolute atomic E-state index is 0. The first-order valence-electron chi connectivity index (χ1n) is 1.72. The van der Waals surface area contributed by atoms with Crippen LogP contribution >= 0.6 is 11.8 Å². The molecule has 48 valence electrons. The number of hydrogen-bond acceptors (Lipinski definition) is 3. The Balaban J connectivity index is 0. The van der Waals surface area contributed by atoms with Crippen LogP contribution in [0, 0.1) is 0 Å². The number of hydrogen-bond donors (Lipinski definition) is 0. The third kappa shape index (κ3) is 12.0. The number of rotatable bonds is 3. The molecule has 0 rings (SSSR count). The molecule has 0 N–H and O–H groups in total. The second-order valence-corrected chi connectivity index (χ2v) is 1.92. The summed E-state index contributed by atoms with van der Waals surface area (Å²) in [5.74, 6) is -4.72. The molecule has 0 aliphatic heterocycles. The zero-order chi connectivity index (χ0) is 6.57. The van der Waals surface area contributed by atoms with Crippen molar-refractivity contribution < 1.29 is 48.2 Å². The number of carboxylic acids is 1. The summed E-state index contributed by atoms with van der Waals surface area (Å²) in [4.78, 5) is 9.44. The van der Waals surface area contributed by atoms with Crippen LogP contribution in [0.1, 0.15) is 0 Å². The third-order valence-electron chi connectivity index (χ3n) is 0.327. The summed E-state index contributed by atoms with van der Waals surface area (Å²) >= 11 is 0.0440. The molecule has 0 radical (unpaired) electrons. The van der Waals surface area contributed by atoms with Crippen molar-refractivity contribution in [3.63, 3.8) is 0 Å². The van der Waals surface area contributed by atoms with Crippen molar-refractivity contribution in [1.82, 2.24) is 0 Å². The molecule has 0 atom stereocenters. The third-order valence-corrected chi connectivity index (χ3v) is 0.982. The van der Waals surface area contributed by atoms with Gasteiger partial charge in [0.25, 0.3) is 5.76 Å². The molecule has 0 unspecified atom stereocenters. The number of aliphatic carboxylic acids is 1. The summed E-state index contributed by atoms with van der Waals surface area (Å²) in [6.07, 6.45) is 0. The van der Waals surface area contributed by atoms with Gasteiger partial charge < -0.3 is 9.90 Å². The van der Waals surface area contributed by atoms with Crippen LogP contribution in [-0.2, 0) is 4.79 Å². The van der Waals surface area contributed by atoms with Crippen LogP contribution in [0.2, 0.25) is 0 Å². The van der Waals surface area contributed by atoms with E-state index >= 15 is 0 Å². The van der Waals surface area contributed by atoms with Crippen LogP contribution in [0.25, 0.3) is 0 Å². The Morgan fingerprint density at radius 2 is 2.11 bits per heavy atom. The number of thioether (sulfide) groups is 1. The van der Waals surface area contributed by atoms with E-state index in [1.165, 1.54) is 0 Å². The Morgan fingerprint density at radius 1 is 1.67 bits per heavy atom. The van der Waals surface area contributed by atoms with Gasteiger partial charge >= 0.3 is 29.6 Å². The van der Waals surface area contributed by atoms with E-state index in [0.717, 1.165) is 0 Å². The second-order valence-electron chi connectivity index (χ2n) is 0.944. The summed E-state index contributed by atoms with van der Waals surface area (Å²) < 4.78 is 22.1. The van der Waals surface area contributed by atoms with E-state index in [4.69, 9.17) is 0 Å². The van der Waals surface area contributed by atoms with E-state index in [1.54, 1.807) is 0 Å². The number of alkyl halides is 2. The van der Waals surface area contributed by atoms with Crippen LogP contribution in [0.5, 0.6) is 0 Å². The maximum Gasteiger partial charge on any atom is 1.00 e. The molecule has 0 spiro atoms. The van der Waals surface area contributed by atoms with Crippen molar-refractivity contribution in [3.8, 4) is 0 Å². The minimum atomic E-state index is -2.62. The van der Waals surface area contributed by atoms with Gasteiger partial charge in [0.2, 0.25) is 0 Å². The smallest absolute Gasteiger partial charge is 0.549 e. The first-order chi connectivity index (χ1) is 3.63. The van der Waals surface area contributed by atoms with Crippen LogP contribution in [-0.4, -0.2) is 17.5 Å². The molecule has 0 bridgehead atoms. The molecule has 0 fully saturated rings. The monoisotopic (exact) mass is 164 g/mol. The summed E-state index contributed by atoms with van der Waals surface area (Å²) in [6.45, 7) is 0. The molecule has 0 aromatic rings. The molecule has 0 aromatic carbocycles. The van der Waals surface area contributed by atoms with Crippen molar-refractivity contribution in [3.05, 3.63) is 0 Å². The average molecular weight is 164 g/mol. The summed E-state index contributed by atoms with van der Waals surface area (Å²) in [6, 6.07) is 0. The molecular formula is C3H3F2NaO2S. The quantitative estimate of drug-likeness (QED) is 0.410. The predicted octanol–water partition coefficient (Wildman–Crippen LogP) is -3.30. The first kappa shape index (κ1) is 12.4. The van der Waals surface area contributed by atoms with E-state index in [-0.39, 0.29) is 41.3 Å². The van der Waals surface area contributed by atoms with E-state index < -0.39 is 17.5 Å². The molecule has 0 aromatic heterocycles. The average Bonchev–Trinajstić information content (AvgIpc) is 1.61. The topological polar surface area (TPSA) is 40.1 Å². The Hall–Kier alpha value is 0.680. The van der Waals surface area contributed by atoms with Crippen molar-refractivity contribution in [1.29, 1.82) is 0 Å². The molecule has 0 amide bonds. The van der Waals surface area contributed by atoms with Gasteiger partial charge in [-0.3, -0.25) is 0 Å². The van der Waals surface area contributed by atoms with Gasteiger partial charge in [0, 0.05) is 5.75 Å². The van der Waals surface area contributed by atoms with Crippen LogP contribution in [0.3, 0.4) is 0 Å². The summed E-state index contributed by atoms with van der Waals surface area (Å²) in [7, 11) is 0. The molecule has 0 aliphatic carbocycles. The van der Waals surface area contributed by atoms with Crippen molar-refractivity contribution in [2.45, 2.75) is 5.76 Å². The molecule has 6 heteroatoms. The normalized spacial score (nSPS) is 8.78. The zero-order valence-electron chi connectivity index (χ0n) is 4.77. The molecule has 0 saturated heterocycles. The number of carboxylic acid groups (broad SMARTS) is 1. The van der Waals surface area contributed by atoms with E-state index in [9.17, 15) is 18.7 Å². The molecular weight excluding hydrogens is 161 g/mol. The van der Waals surface area contributed by atoms with E-state index in [2.05, 4.69) is 0 Å². The molecule has 0 saturated carbocycles. The second kappa shape index (κ2) is 6.80. The van der Waals surface area contributed by atoms with Crippen molar-refractivity contribution in [2.24, 2.45) is 0 Å². The Kier molecular flexibility index (Phi) is 9.34. The largest absolute Gasteiger partial charge is 1.00 e. The van der Waals surface area contributed by atoms with Gasteiger partial charge in [-0.1, -0.05) is 11.8 Å². The Bertz CT molecular complexity index is 89.9. The van der Waals surface area contributed by atoms with Crippen LogP contribution in [0.4, 0.5) is 8.78 Å². The fourth-order valence-electron chi connectivity index (χ4n) is 0.131. The van der Waals surface area contributed by atoms with Gasteiger partial charge in [-0.05, 0) is 0 Å². The predicted molar refractivity (Wildman–Crippen MR) is 23.5 cm³/mol. The summed E-state index contributed by atoms with van der Waals surface area (Å²) in [5.41, 5.74) is 0. The van der Waals surface area contributed by atoms with E-state index in [1.807, 2.05) is 0 Å². The van der Waals surface area contributed by atoms with Gasteiger partial charge in [0.15, 0.2) is 0 Å². The number of carbonyl (C=O) groups is 1. The Labute approximate surface area is 77.3 Å². The maximum atomic E-state index is 11.1. The van der Waals surface area contributed by atoms with Crippen molar-refractivity contribution >= 4 is 17.7 Å². The first-order valence-corrected chi connectivity index (χ1v) is 2.77. The fourth-order valence-corrected chi connectivity index (χ4v) is 0.393. The Morgan fingerprint density at radius 3 is 2.22 bits per heavy atom. The van der Waals surface area contributed by atoms with Gasteiger partial charge in [-0.15, -0.1) is 0 Å². The van der Waals surface area contributed by atoms with Gasteiger partial charge in [-0.2, -0.15) is 8.78 Å². The standard InChI is InChI=1S/C3H4F2O2S.Na/c4-3(5)8-1-2(6)7;/h3H,1H2,(H,6,7);/q;+1/p-1. The number of halogens is 2. The van der Waals surface area contributed by atoms with Gasteiger partial charge in [-0.25, -0.2) is 0 Å². The summed E-state index contributed by atoms with van der Waals surface area (Å²) in [5, 5.41) is 9.44. The van der Waals surface area contributed by atoms with Crippen molar-refractivity contribution in [2.75, 3.05) is 5.75 Å². The SMILES string of the molecule is O=C([O-])CSC(F)F.[Na+].